The van der Waals surface area contributed by atoms with Crippen molar-refractivity contribution in [1.82, 2.24) is 9.80 Å². The summed E-state index contributed by atoms with van der Waals surface area (Å²) in [7, 11) is 3.18. The van der Waals surface area contributed by atoms with Crippen LogP contribution >= 0.6 is 11.6 Å². The van der Waals surface area contributed by atoms with Crippen LogP contribution in [-0.4, -0.2) is 85.5 Å². The Morgan fingerprint density at radius 1 is 1.21 bits per heavy atom. The van der Waals surface area contributed by atoms with Gasteiger partial charge in [0.15, 0.2) is 11.4 Å². The standard InChI is InChI=1S/C28H34ClN3O7/c1-5-32(27(2)6-7-27)11-13-10-16(33)18-14(20(13)29)8-12-9-15-21(31(3)4)23(35)19(26(30)38)25(37)28(15,39)24(36)17(12)22(18)34/h10,12,15,21,33,35-36,39H,5-9,11H2,1-4H3,(H2,30,38)/t12-,15-,21-,28-/m0/s1. The molecule has 10 nitrogen and oxygen atoms in total. The molecule has 1 saturated carbocycles. The molecule has 4 atom stereocenters. The van der Waals surface area contributed by atoms with Crippen LogP contribution in [0.2, 0.25) is 5.02 Å². The Morgan fingerprint density at radius 2 is 1.85 bits per heavy atom. The fraction of sp³-hybridized carbons (Fsp3) is 0.536. The number of nitrogens with zero attached hydrogens (tertiary/aromatic N) is 2. The molecular weight excluding hydrogens is 526 g/mol. The van der Waals surface area contributed by atoms with Crippen LogP contribution < -0.4 is 5.73 Å². The molecule has 1 aromatic rings. The Balaban J connectivity index is 1.63. The second-order valence-corrected chi connectivity index (χ2v) is 12.1. The van der Waals surface area contributed by atoms with Crippen molar-refractivity contribution >= 4 is 29.1 Å². The van der Waals surface area contributed by atoms with Crippen molar-refractivity contribution in [2.24, 2.45) is 17.6 Å². The lowest BCUT2D eigenvalue weighted by atomic mass is 9.58. The first-order valence-corrected chi connectivity index (χ1v) is 13.5. The molecule has 0 saturated heterocycles. The van der Waals surface area contributed by atoms with Gasteiger partial charge in [-0.25, -0.2) is 0 Å². The van der Waals surface area contributed by atoms with Crippen molar-refractivity contribution in [1.29, 1.82) is 0 Å². The van der Waals surface area contributed by atoms with Gasteiger partial charge in [-0.2, -0.15) is 0 Å². The minimum absolute atomic E-state index is 0.0201. The summed E-state index contributed by atoms with van der Waals surface area (Å²) in [4.78, 5) is 43.0. The van der Waals surface area contributed by atoms with E-state index in [9.17, 15) is 34.8 Å². The van der Waals surface area contributed by atoms with Gasteiger partial charge in [0.25, 0.3) is 5.91 Å². The van der Waals surface area contributed by atoms with Crippen molar-refractivity contribution in [3.8, 4) is 5.75 Å². The van der Waals surface area contributed by atoms with E-state index >= 15 is 0 Å². The lowest BCUT2D eigenvalue weighted by Gasteiger charge is -2.50. The van der Waals surface area contributed by atoms with Gasteiger partial charge in [0, 0.05) is 28.6 Å². The van der Waals surface area contributed by atoms with Gasteiger partial charge in [0.1, 0.15) is 22.8 Å². The van der Waals surface area contributed by atoms with Gasteiger partial charge in [0.05, 0.1) is 11.6 Å². The number of carbonyl (C=O) groups is 3. The Bertz CT molecular complexity index is 1380. The predicted molar refractivity (Wildman–Crippen MR) is 142 cm³/mol. The second-order valence-electron chi connectivity index (χ2n) is 11.7. The number of rotatable bonds is 6. The molecule has 1 fully saturated rings. The molecule has 11 heteroatoms. The van der Waals surface area contributed by atoms with Crippen molar-refractivity contribution in [3.63, 3.8) is 0 Å². The monoisotopic (exact) mass is 559 g/mol. The molecule has 0 heterocycles. The fourth-order valence-corrected chi connectivity index (χ4v) is 7.14. The normalized spacial score (nSPS) is 29.5. The summed E-state index contributed by atoms with van der Waals surface area (Å²) in [5.41, 5.74) is 2.80. The van der Waals surface area contributed by atoms with Crippen LogP contribution in [0.3, 0.4) is 0 Å². The Labute approximate surface area is 231 Å². The molecule has 4 aliphatic rings. The number of amides is 1. The molecule has 1 amide bonds. The highest BCUT2D eigenvalue weighted by atomic mass is 35.5. The first-order chi connectivity index (χ1) is 18.2. The number of hydrogen-bond acceptors (Lipinski definition) is 9. The number of likely N-dealkylation sites (N-methyl/N-ethyl adjacent to an activating group) is 1. The van der Waals surface area contributed by atoms with E-state index in [1.807, 2.05) is 0 Å². The van der Waals surface area contributed by atoms with Crippen LogP contribution in [0, 0.1) is 11.8 Å². The summed E-state index contributed by atoms with van der Waals surface area (Å²) < 4.78 is 0. The SMILES string of the molecule is CCN(Cc1cc(O)c2c(c1Cl)C[C@H]1C[C@H]3[C@H](N(C)C)C(O)=C(C(N)=O)C(=O)[C@@]3(O)C(O)=C1C2=O)C1(C)CC1. The Morgan fingerprint density at radius 3 is 2.38 bits per heavy atom. The largest absolute Gasteiger partial charge is 0.510 e. The molecule has 39 heavy (non-hydrogen) atoms. The number of phenolic OH excluding ortho intramolecular Hbond substituents is 1. The van der Waals surface area contributed by atoms with Crippen LogP contribution in [0.25, 0.3) is 0 Å². The van der Waals surface area contributed by atoms with Gasteiger partial charge in [-0.1, -0.05) is 18.5 Å². The third kappa shape index (κ3) is 3.83. The van der Waals surface area contributed by atoms with Crippen molar-refractivity contribution < 1.29 is 34.8 Å². The van der Waals surface area contributed by atoms with Gasteiger partial charge < -0.3 is 26.2 Å². The molecule has 0 bridgehead atoms. The number of hydrogen-bond donors (Lipinski definition) is 5. The quantitative estimate of drug-likeness (QED) is 0.328. The minimum atomic E-state index is -2.66. The van der Waals surface area contributed by atoms with E-state index in [-0.39, 0.29) is 35.3 Å². The van der Waals surface area contributed by atoms with Crippen LogP contribution in [0.5, 0.6) is 5.75 Å². The maximum atomic E-state index is 13.8. The van der Waals surface area contributed by atoms with Crippen LogP contribution in [-0.2, 0) is 22.6 Å². The number of carbonyl (C=O) groups excluding carboxylic acids is 3. The number of allylic oxidation sites excluding steroid dienone is 1. The lowest BCUT2D eigenvalue weighted by molar-refractivity contribution is -0.148. The molecule has 6 N–H and O–H groups in total. The van der Waals surface area contributed by atoms with Gasteiger partial charge in [-0.15, -0.1) is 0 Å². The topological polar surface area (TPSA) is 165 Å². The number of aliphatic hydroxyl groups excluding tert-OH is 2. The summed E-state index contributed by atoms with van der Waals surface area (Å²) in [6.07, 6.45) is 2.32. The number of ketones is 2. The molecule has 0 radical (unpaired) electrons. The zero-order valence-electron chi connectivity index (χ0n) is 22.4. The van der Waals surface area contributed by atoms with Crippen molar-refractivity contribution in [2.75, 3.05) is 20.6 Å². The summed E-state index contributed by atoms with van der Waals surface area (Å²) in [5, 5.41) is 45.3. The van der Waals surface area contributed by atoms with E-state index in [0.29, 0.717) is 22.7 Å². The summed E-state index contributed by atoms with van der Waals surface area (Å²) >= 11 is 6.87. The van der Waals surface area contributed by atoms with Crippen molar-refractivity contribution in [3.05, 3.63) is 50.4 Å². The molecule has 4 aliphatic carbocycles. The van der Waals surface area contributed by atoms with Gasteiger partial charge in [-0.3, -0.25) is 24.2 Å². The molecule has 1 aromatic carbocycles. The van der Waals surface area contributed by atoms with E-state index in [2.05, 4.69) is 18.7 Å². The third-order valence-corrected chi connectivity index (χ3v) is 9.68. The first-order valence-electron chi connectivity index (χ1n) is 13.1. The molecule has 0 aliphatic heterocycles. The number of nitrogens with two attached hydrogens (primary N) is 1. The minimum Gasteiger partial charge on any atom is -0.510 e. The zero-order valence-corrected chi connectivity index (χ0v) is 23.2. The predicted octanol–water partition coefficient (Wildman–Crippen LogP) is 2.15. The van der Waals surface area contributed by atoms with E-state index in [1.54, 1.807) is 14.1 Å². The second kappa shape index (κ2) is 9.05. The van der Waals surface area contributed by atoms with Crippen molar-refractivity contribution in [2.45, 2.75) is 63.3 Å². The number of aliphatic hydroxyl groups is 3. The zero-order chi connectivity index (χ0) is 28.8. The number of aromatic hydroxyl groups is 1. The molecule has 210 valence electrons. The summed E-state index contributed by atoms with van der Waals surface area (Å²) in [5.74, 6) is -6.78. The molecule has 0 aromatic heterocycles. The highest BCUT2D eigenvalue weighted by molar-refractivity contribution is 6.33. The number of phenols is 1. The van der Waals surface area contributed by atoms with Crippen LogP contribution in [0.1, 0.15) is 54.6 Å². The molecule has 0 spiro atoms. The Hall–Kier alpha value is -2.92. The summed E-state index contributed by atoms with van der Waals surface area (Å²) in [6.45, 7) is 5.52. The van der Waals surface area contributed by atoms with E-state index < -0.39 is 58.0 Å². The van der Waals surface area contributed by atoms with E-state index in [1.165, 1.54) is 11.0 Å². The third-order valence-electron chi connectivity index (χ3n) is 9.21. The average Bonchev–Trinajstić information content (AvgIpc) is 3.60. The maximum absolute atomic E-state index is 13.8. The van der Waals surface area contributed by atoms with E-state index in [4.69, 9.17) is 17.3 Å². The fourth-order valence-electron chi connectivity index (χ4n) is 6.86. The number of halogens is 1. The Kier molecular flexibility index (Phi) is 6.42. The van der Waals surface area contributed by atoms with Crippen LogP contribution in [0.15, 0.2) is 28.7 Å². The number of benzene rings is 1. The van der Waals surface area contributed by atoms with Gasteiger partial charge >= 0.3 is 0 Å². The van der Waals surface area contributed by atoms with E-state index in [0.717, 1.165) is 19.4 Å². The maximum Gasteiger partial charge on any atom is 0.255 e. The number of primary amides is 1. The molecule has 0 unspecified atom stereocenters. The van der Waals surface area contributed by atoms with Gasteiger partial charge in [0.2, 0.25) is 5.78 Å². The highest BCUT2D eigenvalue weighted by Crippen LogP contribution is 2.53. The van der Waals surface area contributed by atoms with Gasteiger partial charge in [-0.05, 0) is 76.4 Å². The average molecular weight is 560 g/mol. The highest BCUT2D eigenvalue weighted by Gasteiger charge is 2.63. The summed E-state index contributed by atoms with van der Waals surface area (Å²) in [6, 6.07) is 0.425. The lowest BCUT2D eigenvalue weighted by Crippen LogP contribution is -2.63. The number of Topliss-reactive ketones (excluding diaryl/α,β-unsaturated/α-hetero) is 2. The smallest absolute Gasteiger partial charge is 0.255 e. The molecular formula is C28H34ClN3O7. The van der Waals surface area contributed by atoms with Crippen LogP contribution in [0.4, 0.5) is 0 Å². The molecule has 5 rings (SSSR count). The first kappa shape index (κ1) is 27.6. The number of fused-ring (bicyclic) bond motifs is 3.